The maximum atomic E-state index is 8.79. The molecule has 1 saturated heterocycles. The van der Waals surface area contributed by atoms with E-state index in [0.29, 0.717) is 33.9 Å². The highest BCUT2D eigenvalue weighted by molar-refractivity contribution is 6.16. The van der Waals surface area contributed by atoms with Crippen molar-refractivity contribution in [3.05, 3.63) is 48.0 Å². The zero-order chi connectivity index (χ0) is 22.1. The molecule has 1 aromatic carbocycles. The summed E-state index contributed by atoms with van der Waals surface area (Å²) in [6.45, 7) is 3.58. The normalized spacial score (nSPS) is 14.1. The van der Waals surface area contributed by atoms with Crippen molar-refractivity contribution < 1.29 is 9.73 Å². The van der Waals surface area contributed by atoms with Gasteiger partial charge in [-0.25, -0.2) is 15.3 Å². The molecule has 32 heavy (non-hydrogen) atoms. The standard InChI is InChI=1S/C20H21N11O/c21-17(11-1-2-13-12(7-11)29-20(23)32-13)16-18(22)27-10-28-19(16)30-14-8-15(26-9-25-14)31-5-3-24-4-6-31/h1-2,7-10,21,24H,3-6H2,(H2,23,29)(H3,22,25,26,27,28,30)/p+1. The summed E-state index contributed by atoms with van der Waals surface area (Å²) >= 11 is 0. The molecule has 0 aliphatic carbocycles. The molecule has 162 valence electrons. The first-order valence-corrected chi connectivity index (χ1v) is 10.1. The summed E-state index contributed by atoms with van der Waals surface area (Å²) in [4.78, 5) is 23.5. The number of oxazole rings is 1. The summed E-state index contributed by atoms with van der Waals surface area (Å²) in [5, 5.41) is 13.9. The molecule has 3 aromatic heterocycles. The number of nitrogens with zero attached hydrogens (tertiary/aromatic N) is 6. The van der Waals surface area contributed by atoms with Crippen LogP contribution in [0.2, 0.25) is 0 Å². The molecule has 0 radical (unpaired) electrons. The Morgan fingerprint density at radius 3 is 2.72 bits per heavy atom. The van der Waals surface area contributed by atoms with Gasteiger partial charge in [-0.05, 0) is 18.2 Å². The van der Waals surface area contributed by atoms with Crippen LogP contribution in [0, 0.1) is 5.41 Å². The molecule has 0 amide bonds. The zero-order valence-electron chi connectivity index (χ0n) is 17.1. The third kappa shape index (κ3) is 3.79. The highest BCUT2D eigenvalue weighted by atomic mass is 16.4. The maximum Gasteiger partial charge on any atom is 0.292 e. The van der Waals surface area contributed by atoms with Crippen molar-refractivity contribution in [3.63, 3.8) is 0 Å². The Labute approximate surface area is 182 Å². The number of aromatic nitrogens is 5. The Morgan fingerprint density at radius 1 is 1.06 bits per heavy atom. The van der Waals surface area contributed by atoms with Crippen molar-refractivity contribution in [2.24, 2.45) is 0 Å². The third-order valence-corrected chi connectivity index (χ3v) is 5.25. The second-order valence-electron chi connectivity index (χ2n) is 7.31. The predicted octanol–water partition coefficient (Wildman–Crippen LogP) is -0.0754. The zero-order valence-corrected chi connectivity index (χ0v) is 17.1. The monoisotopic (exact) mass is 432 g/mol. The molecule has 1 aliphatic heterocycles. The summed E-state index contributed by atoms with van der Waals surface area (Å²) < 4.78 is 5.31. The maximum absolute atomic E-state index is 8.79. The van der Waals surface area contributed by atoms with Gasteiger partial charge in [0.2, 0.25) is 11.6 Å². The number of hydrogen-bond acceptors (Lipinski definition) is 11. The van der Waals surface area contributed by atoms with Gasteiger partial charge in [0.1, 0.15) is 35.4 Å². The van der Waals surface area contributed by atoms with Crippen LogP contribution in [0.4, 0.5) is 29.3 Å². The molecule has 0 spiro atoms. The molecule has 4 heterocycles. The van der Waals surface area contributed by atoms with Gasteiger partial charge in [-0.3, -0.25) is 5.41 Å². The van der Waals surface area contributed by atoms with Crippen molar-refractivity contribution in [2.45, 2.75) is 0 Å². The number of benzene rings is 1. The average molecular weight is 432 g/mol. The van der Waals surface area contributed by atoms with Gasteiger partial charge in [0.15, 0.2) is 5.58 Å². The van der Waals surface area contributed by atoms with E-state index < -0.39 is 0 Å². The summed E-state index contributed by atoms with van der Waals surface area (Å²) in [5.74, 6) is 2.21. The van der Waals surface area contributed by atoms with Crippen molar-refractivity contribution in [3.8, 4) is 0 Å². The lowest BCUT2D eigenvalue weighted by Gasteiger charge is -2.28. The Bertz CT molecular complexity index is 1300. The van der Waals surface area contributed by atoms with Crippen LogP contribution in [0.25, 0.3) is 11.1 Å². The number of anilines is 3. The smallest absolute Gasteiger partial charge is 0.292 e. The number of rotatable bonds is 5. The van der Waals surface area contributed by atoms with E-state index >= 15 is 0 Å². The van der Waals surface area contributed by atoms with Crippen LogP contribution in [-0.2, 0) is 0 Å². The lowest BCUT2D eigenvalue weighted by atomic mass is 10.0. The average Bonchev–Trinajstić information content (AvgIpc) is 3.19. The van der Waals surface area contributed by atoms with Crippen LogP contribution in [-0.4, -0.2) is 56.8 Å². The van der Waals surface area contributed by atoms with Crippen LogP contribution in [0.3, 0.4) is 0 Å². The van der Waals surface area contributed by atoms with Gasteiger partial charge in [0, 0.05) is 31.7 Å². The molecule has 1 fully saturated rings. The summed E-state index contributed by atoms with van der Waals surface area (Å²) in [6, 6.07) is 7.17. The highest BCUT2D eigenvalue weighted by Gasteiger charge is 2.22. The largest absolute Gasteiger partial charge is 0.424 e. The summed E-state index contributed by atoms with van der Waals surface area (Å²) in [7, 11) is 0. The van der Waals surface area contributed by atoms with Gasteiger partial charge in [-0.1, -0.05) is 0 Å². The van der Waals surface area contributed by atoms with Crippen molar-refractivity contribution in [2.75, 3.05) is 42.5 Å². The fourth-order valence-electron chi connectivity index (χ4n) is 3.67. The van der Waals surface area contributed by atoms with Crippen LogP contribution in [0.1, 0.15) is 11.1 Å². The van der Waals surface area contributed by atoms with Crippen LogP contribution in [0.15, 0.2) is 41.3 Å². The molecule has 0 unspecified atom stereocenters. The number of nitrogens with two attached hydrogens (primary N) is 3. The molecule has 0 bridgehead atoms. The molecular formula is C20H22N11O+. The molecule has 12 nitrogen and oxygen atoms in total. The minimum Gasteiger partial charge on any atom is -0.424 e. The van der Waals surface area contributed by atoms with E-state index in [2.05, 4.69) is 35.1 Å². The number of nitrogens with one attached hydrogen (secondary N) is 2. The van der Waals surface area contributed by atoms with E-state index in [4.69, 9.17) is 21.3 Å². The lowest BCUT2D eigenvalue weighted by molar-refractivity contribution is -0.487. The molecule has 12 heteroatoms. The van der Waals surface area contributed by atoms with Gasteiger partial charge in [0.05, 0.1) is 11.8 Å². The van der Waals surface area contributed by atoms with E-state index in [1.54, 1.807) is 23.5 Å². The van der Waals surface area contributed by atoms with Gasteiger partial charge in [0.25, 0.3) is 6.01 Å². The van der Waals surface area contributed by atoms with E-state index in [-0.39, 0.29) is 17.5 Å². The number of nitrogen functional groups attached to an aromatic ring is 2. The third-order valence-electron chi connectivity index (χ3n) is 5.25. The van der Waals surface area contributed by atoms with Crippen LogP contribution in [0.5, 0.6) is 0 Å². The summed E-state index contributed by atoms with van der Waals surface area (Å²) in [6.07, 6.45) is 2.90. The van der Waals surface area contributed by atoms with Crippen molar-refractivity contribution >= 4 is 46.1 Å². The van der Waals surface area contributed by atoms with Crippen molar-refractivity contribution in [1.82, 2.24) is 30.2 Å². The molecule has 8 N–H and O–H groups in total. The van der Waals surface area contributed by atoms with Crippen molar-refractivity contribution in [1.29, 1.82) is 5.41 Å². The highest BCUT2D eigenvalue weighted by Crippen LogP contribution is 2.23. The Kier molecular flexibility index (Phi) is 5.05. The first-order chi connectivity index (χ1) is 15.6. The second kappa shape index (κ2) is 8.17. The fourth-order valence-corrected chi connectivity index (χ4v) is 3.67. The van der Waals surface area contributed by atoms with E-state index in [1.807, 2.05) is 6.07 Å². The Hall–Kier alpha value is -4.16. The predicted molar refractivity (Wildman–Crippen MR) is 119 cm³/mol. The molecule has 5 rings (SSSR count). The number of fused-ring (bicyclic) bond motifs is 1. The Balaban J connectivity index is 1.47. The Morgan fingerprint density at radius 2 is 1.88 bits per heavy atom. The first-order valence-electron chi connectivity index (χ1n) is 10.1. The quantitative estimate of drug-likeness (QED) is 0.267. The first kappa shape index (κ1) is 19.8. The van der Waals surface area contributed by atoms with Gasteiger partial charge in [-0.2, -0.15) is 15.0 Å². The second-order valence-corrected chi connectivity index (χ2v) is 7.31. The van der Waals surface area contributed by atoms with E-state index in [1.165, 1.54) is 12.7 Å². The summed E-state index contributed by atoms with van der Waals surface area (Å²) in [5.41, 5.74) is 14.1. The van der Waals surface area contributed by atoms with Crippen LogP contribution < -0.4 is 27.0 Å². The molecule has 0 saturated carbocycles. The van der Waals surface area contributed by atoms with Gasteiger partial charge >= 0.3 is 0 Å². The fraction of sp³-hybridized carbons (Fsp3) is 0.200. The minimum absolute atomic E-state index is 0.0734. The minimum atomic E-state index is 0.0734. The molecule has 4 aromatic rings. The van der Waals surface area contributed by atoms with Gasteiger partial charge < -0.3 is 26.1 Å². The van der Waals surface area contributed by atoms with Crippen LogP contribution >= 0.6 is 0 Å². The number of quaternary nitrogens is 1. The molecular weight excluding hydrogens is 410 g/mol. The molecule has 1 aliphatic rings. The SMILES string of the molecule is N=C(c1ccc2oc(N)nc2c1)c1c(N)ncnc1[NH2+]c1cc(N2CCNCC2)ncn1. The number of piperazine rings is 1. The van der Waals surface area contributed by atoms with Gasteiger partial charge in [-0.15, -0.1) is 0 Å². The topological polar surface area (TPSA) is 185 Å². The van der Waals surface area contributed by atoms with E-state index in [0.717, 1.165) is 32.0 Å². The number of hydrogen-bond donors (Lipinski definition) is 5. The van der Waals surface area contributed by atoms with E-state index in [9.17, 15) is 0 Å². The molecule has 0 atom stereocenters. The lowest BCUT2D eigenvalue weighted by Crippen LogP contribution is -2.73.